The second-order valence-electron chi connectivity index (χ2n) is 10.2. The molecule has 1 spiro atoms. The molecule has 4 nitrogen and oxygen atoms in total. The van der Waals surface area contributed by atoms with Crippen molar-refractivity contribution in [2.75, 3.05) is 4.90 Å². The zero-order valence-electron chi connectivity index (χ0n) is 21.3. The van der Waals surface area contributed by atoms with Gasteiger partial charge in [-0.2, -0.15) is 0 Å². The summed E-state index contributed by atoms with van der Waals surface area (Å²) >= 11 is 1.69. The summed E-state index contributed by atoms with van der Waals surface area (Å²) in [5.41, 5.74) is 8.65. The number of rotatable bonds is 1. The maximum absolute atomic E-state index is 6.50. The SMILES string of the molecule is c1ccc2c(c1)Oc1ccccc1C21c2ccccc2N(c2ccc3c(c2)sc2nccnc23)c2ccccc21. The lowest BCUT2D eigenvalue weighted by Gasteiger charge is -2.48. The summed E-state index contributed by atoms with van der Waals surface area (Å²) in [5.74, 6) is 1.79. The molecule has 0 saturated carbocycles. The van der Waals surface area contributed by atoms with Gasteiger partial charge in [-0.3, -0.25) is 4.98 Å². The molecule has 0 aliphatic carbocycles. The van der Waals surface area contributed by atoms with Crippen LogP contribution in [0.3, 0.4) is 0 Å². The van der Waals surface area contributed by atoms with Crippen molar-refractivity contribution in [3.8, 4) is 11.5 Å². The summed E-state index contributed by atoms with van der Waals surface area (Å²) in [6, 6.07) is 41.2. The van der Waals surface area contributed by atoms with Crippen LogP contribution in [0.5, 0.6) is 11.5 Å². The Morgan fingerprint density at radius 2 is 1.18 bits per heavy atom. The van der Waals surface area contributed by atoms with Gasteiger partial charge in [0.2, 0.25) is 0 Å². The molecule has 0 amide bonds. The molecule has 5 aromatic carbocycles. The summed E-state index contributed by atoms with van der Waals surface area (Å²) in [6.45, 7) is 0. The number of anilines is 3. The first kappa shape index (κ1) is 21.9. The monoisotopic (exact) mass is 531 g/mol. The summed E-state index contributed by atoms with van der Waals surface area (Å²) in [7, 11) is 0. The van der Waals surface area contributed by atoms with E-state index in [1.807, 2.05) is 0 Å². The number of fused-ring (bicyclic) bond motifs is 11. The van der Waals surface area contributed by atoms with Crippen molar-refractivity contribution >= 4 is 48.8 Å². The molecule has 40 heavy (non-hydrogen) atoms. The number of aromatic nitrogens is 2. The highest BCUT2D eigenvalue weighted by Crippen LogP contribution is 2.62. The molecule has 0 bridgehead atoms. The van der Waals surface area contributed by atoms with Gasteiger partial charge in [-0.25, -0.2) is 4.98 Å². The van der Waals surface area contributed by atoms with Gasteiger partial charge < -0.3 is 9.64 Å². The van der Waals surface area contributed by atoms with Crippen LogP contribution in [0.25, 0.3) is 20.4 Å². The Bertz CT molecular complexity index is 2040. The third-order valence-corrected chi connectivity index (χ3v) is 9.30. The number of thiophene rings is 1. The summed E-state index contributed by atoms with van der Waals surface area (Å²) in [5, 5.41) is 1.14. The highest BCUT2D eigenvalue weighted by molar-refractivity contribution is 7.25. The average molecular weight is 532 g/mol. The fourth-order valence-corrected chi connectivity index (χ4v) is 7.75. The van der Waals surface area contributed by atoms with E-state index < -0.39 is 5.41 Å². The topological polar surface area (TPSA) is 38.2 Å². The predicted octanol–water partition coefficient (Wildman–Crippen LogP) is 9.12. The molecule has 0 fully saturated rings. The quantitative estimate of drug-likeness (QED) is 0.212. The van der Waals surface area contributed by atoms with E-state index in [1.54, 1.807) is 23.7 Å². The van der Waals surface area contributed by atoms with Crippen molar-refractivity contribution < 1.29 is 4.74 Å². The second kappa shape index (κ2) is 8.01. The fraction of sp³-hybridized carbons (Fsp3) is 0.0286. The minimum Gasteiger partial charge on any atom is -0.457 e. The third-order valence-electron chi connectivity index (χ3n) is 8.25. The van der Waals surface area contributed by atoms with Crippen LogP contribution in [-0.4, -0.2) is 9.97 Å². The molecule has 0 radical (unpaired) electrons. The molecular weight excluding hydrogens is 510 g/mol. The minimum atomic E-state index is -0.523. The molecule has 2 aliphatic rings. The smallest absolute Gasteiger partial charge is 0.143 e. The zero-order chi connectivity index (χ0) is 26.3. The Hall–Kier alpha value is -5.00. The van der Waals surface area contributed by atoms with Crippen LogP contribution in [0.4, 0.5) is 17.1 Å². The van der Waals surface area contributed by atoms with Crippen LogP contribution in [0.1, 0.15) is 22.3 Å². The minimum absolute atomic E-state index is 0.523. The molecule has 0 saturated heterocycles. The Morgan fingerprint density at radius 1 is 0.600 bits per heavy atom. The molecule has 7 aromatic rings. The van der Waals surface area contributed by atoms with E-state index >= 15 is 0 Å². The van der Waals surface area contributed by atoms with Gasteiger partial charge in [0.05, 0.1) is 16.8 Å². The van der Waals surface area contributed by atoms with Crippen LogP contribution >= 0.6 is 11.3 Å². The Kier molecular flexibility index (Phi) is 4.38. The van der Waals surface area contributed by atoms with Gasteiger partial charge in [-0.1, -0.05) is 72.8 Å². The number of nitrogens with zero attached hydrogens (tertiary/aromatic N) is 3. The van der Waals surface area contributed by atoms with Crippen molar-refractivity contribution in [2.24, 2.45) is 0 Å². The molecule has 0 N–H and O–H groups in total. The summed E-state index contributed by atoms with van der Waals surface area (Å²) < 4.78 is 7.68. The molecular formula is C35H21N3OS. The maximum atomic E-state index is 6.50. The first-order valence-corrected chi connectivity index (χ1v) is 14.1. The van der Waals surface area contributed by atoms with Crippen molar-refractivity contribution in [1.29, 1.82) is 0 Å². The molecule has 5 heteroatoms. The lowest BCUT2D eigenvalue weighted by molar-refractivity contribution is 0.434. The van der Waals surface area contributed by atoms with E-state index in [-0.39, 0.29) is 0 Å². The highest BCUT2D eigenvalue weighted by atomic mass is 32.1. The summed E-state index contributed by atoms with van der Waals surface area (Å²) in [6.07, 6.45) is 3.53. The van der Waals surface area contributed by atoms with E-state index in [1.165, 1.54) is 15.8 Å². The van der Waals surface area contributed by atoms with Gasteiger partial charge in [-0.15, -0.1) is 11.3 Å². The van der Waals surface area contributed by atoms with Crippen molar-refractivity contribution in [3.05, 3.63) is 150 Å². The Labute approximate surface area is 234 Å². The standard InChI is InChI=1S/C35H21N3OS/c1-5-13-28-24(9-1)35(26-11-3-7-15-30(26)39-31-16-8-4-12-27(31)35)25-10-2-6-14-29(25)38(28)22-17-18-23-32(21-22)40-34-33(23)36-19-20-37-34/h1-21H. The van der Waals surface area contributed by atoms with Crippen molar-refractivity contribution in [1.82, 2.24) is 9.97 Å². The number of para-hydroxylation sites is 4. The fourth-order valence-electron chi connectivity index (χ4n) is 6.72. The van der Waals surface area contributed by atoms with Gasteiger partial charge >= 0.3 is 0 Å². The average Bonchev–Trinajstić information content (AvgIpc) is 3.39. The number of benzene rings is 5. The van der Waals surface area contributed by atoms with E-state index in [0.29, 0.717) is 0 Å². The maximum Gasteiger partial charge on any atom is 0.143 e. The predicted molar refractivity (Wildman–Crippen MR) is 162 cm³/mol. The molecule has 0 unspecified atom stereocenters. The van der Waals surface area contributed by atoms with Crippen LogP contribution in [0, 0.1) is 0 Å². The number of hydrogen-bond acceptors (Lipinski definition) is 5. The Balaban J connectivity index is 1.38. The molecule has 4 heterocycles. The van der Waals surface area contributed by atoms with Gasteiger partial charge in [-0.05, 0) is 53.6 Å². The van der Waals surface area contributed by atoms with E-state index in [4.69, 9.17) is 4.74 Å². The lowest BCUT2D eigenvalue weighted by Crippen LogP contribution is -2.39. The first-order chi connectivity index (χ1) is 19.8. The van der Waals surface area contributed by atoms with E-state index in [0.717, 1.165) is 55.4 Å². The molecule has 9 rings (SSSR count). The lowest BCUT2D eigenvalue weighted by atomic mass is 9.61. The highest BCUT2D eigenvalue weighted by Gasteiger charge is 2.50. The second-order valence-corrected chi connectivity index (χ2v) is 11.2. The zero-order valence-corrected chi connectivity index (χ0v) is 22.1. The van der Waals surface area contributed by atoms with Crippen LogP contribution in [0.2, 0.25) is 0 Å². The largest absolute Gasteiger partial charge is 0.457 e. The van der Waals surface area contributed by atoms with Crippen LogP contribution in [-0.2, 0) is 5.41 Å². The van der Waals surface area contributed by atoms with Crippen molar-refractivity contribution in [2.45, 2.75) is 5.41 Å². The molecule has 0 atom stereocenters. The number of ether oxygens (including phenoxy) is 1. The Morgan fingerprint density at radius 3 is 1.85 bits per heavy atom. The van der Waals surface area contributed by atoms with Crippen LogP contribution in [0.15, 0.2) is 128 Å². The third kappa shape index (κ3) is 2.74. The molecule has 2 aliphatic heterocycles. The number of hydrogen-bond donors (Lipinski definition) is 0. The van der Waals surface area contributed by atoms with E-state index in [2.05, 4.69) is 130 Å². The first-order valence-electron chi connectivity index (χ1n) is 13.3. The van der Waals surface area contributed by atoms with Crippen molar-refractivity contribution in [3.63, 3.8) is 0 Å². The van der Waals surface area contributed by atoms with Crippen LogP contribution < -0.4 is 9.64 Å². The molecule has 2 aromatic heterocycles. The van der Waals surface area contributed by atoms with Gasteiger partial charge in [0, 0.05) is 39.3 Å². The van der Waals surface area contributed by atoms with Gasteiger partial charge in [0.25, 0.3) is 0 Å². The molecule has 188 valence electrons. The van der Waals surface area contributed by atoms with Gasteiger partial charge in [0.15, 0.2) is 0 Å². The summed E-state index contributed by atoms with van der Waals surface area (Å²) in [4.78, 5) is 12.5. The van der Waals surface area contributed by atoms with E-state index in [9.17, 15) is 0 Å². The normalized spacial score (nSPS) is 14.3. The van der Waals surface area contributed by atoms with Gasteiger partial charge in [0.1, 0.15) is 21.8 Å².